The summed E-state index contributed by atoms with van der Waals surface area (Å²) < 4.78 is 10.6. The van der Waals surface area contributed by atoms with Gasteiger partial charge in [-0.1, -0.05) is 30.3 Å². The minimum atomic E-state index is -1.49. The van der Waals surface area contributed by atoms with E-state index in [0.717, 1.165) is 5.56 Å². The first kappa shape index (κ1) is 19.0. The number of nitrogens with zero attached hydrogens (tertiary/aromatic N) is 1. The fourth-order valence-electron chi connectivity index (χ4n) is 2.31. The van der Waals surface area contributed by atoms with Crippen molar-refractivity contribution in [3.8, 4) is 0 Å². The van der Waals surface area contributed by atoms with Gasteiger partial charge in [-0.3, -0.25) is 4.90 Å². The molecule has 0 aromatic heterocycles. The number of hydrogen-bond acceptors (Lipinski definition) is 4. The Labute approximate surface area is 137 Å². The molecule has 0 radical (unpaired) electrons. The number of carbonyl (C=O) groups is 2. The van der Waals surface area contributed by atoms with Crippen molar-refractivity contribution in [2.75, 3.05) is 13.2 Å². The van der Waals surface area contributed by atoms with Crippen molar-refractivity contribution >= 4 is 12.1 Å². The van der Waals surface area contributed by atoms with E-state index in [4.69, 9.17) is 9.47 Å². The lowest BCUT2D eigenvalue weighted by atomic mass is 10.00. The molecule has 1 unspecified atom stereocenters. The molecule has 0 saturated carbocycles. The van der Waals surface area contributed by atoms with Gasteiger partial charge in [-0.25, -0.2) is 9.59 Å². The van der Waals surface area contributed by atoms with Crippen molar-refractivity contribution in [1.82, 2.24) is 4.90 Å². The molecule has 6 heteroatoms. The number of carboxylic acids is 1. The van der Waals surface area contributed by atoms with Gasteiger partial charge < -0.3 is 14.6 Å². The molecule has 0 aliphatic rings. The Bertz CT molecular complexity index is 517. The maximum atomic E-state index is 12.5. The van der Waals surface area contributed by atoms with E-state index in [2.05, 4.69) is 0 Å². The van der Waals surface area contributed by atoms with Crippen molar-refractivity contribution in [1.29, 1.82) is 0 Å². The summed E-state index contributed by atoms with van der Waals surface area (Å²) in [6, 6.07) is 8.89. The number of carboxylic acid groups (broad SMARTS) is 1. The fourth-order valence-corrected chi connectivity index (χ4v) is 2.31. The average Bonchev–Trinajstić information content (AvgIpc) is 2.51. The highest BCUT2D eigenvalue weighted by Crippen LogP contribution is 2.22. The van der Waals surface area contributed by atoms with Gasteiger partial charge in [0.2, 0.25) is 0 Å². The second-order valence-electron chi connectivity index (χ2n) is 5.72. The van der Waals surface area contributed by atoms with Crippen LogP contribution in [-0.4, -0.2) is 46.9 Å². The molecule has 0 saturated heterocycles. The predicted octanol–water partition coefficient (Wildman–Crippen LogP) is 2.91. The first-order valence-electron chi connectivity index (χ1n) is 7.64. The highest BCUT2D eigenvalue weighted by molar-refractivity contribution is 5.84. The van der Waals surface area contributed by atoms with Gasteiger partial charge in [-0.05, 0) is 33.3 Å². The lowest BCUT2D eigenvalue weighted by Crippen LogP contribution is -2.60. The van der Waals surface area contributed by atoms with Crippen LogP contribution in [0.15, 0.2) is 30.3 Å². The van der Waals surface area contributed by atoms with Gasteiger partial charge in [0, 0.05) is 12.6 Å². The Hall–Kier alpha value is -2.08. The highest BCUT2D eigenvalue weighted by Gasteiger charge is 2.45. The SMILES string of the molecule is CCOCC(C)(C(=O)O)N(C(=O)OCc1ccccc1)C(C)C. The quantitative estimate of drug-likeness (QED) is 0.796. The highest BCUT2D eigenvalue weighted by atomic mass is 16.6. The van der Waals surface area contributed by atoms with Gasteiger partial charge in [0.15, 0.2) is 5.54 Å². The van der Waals surface area contributed by atoms with Crippen molar-refractivity contribution in [2.24, 2.45) is 0 Å². The number of ether oxygens (including phenoxy) is 2. The Morgan fingerprint density at radius 3 is 2.35 bits per heavy atom. The molecule has 1 aromatic rings. The lowest BCUT2D eigenvalue weighted by molar-refractivity contribution is -0.155. The molecular formula is C17H25NO5. The Balaban J connectivity index is 2.90. The summed E-state index contributed by atoms with van der Waals surface area (Å²) in [6.07, 6.45) is -0.673. The van der Waals surface area contributed by atoms with Gasteiger partial charge >= 0.3 is 12.1 Å². The summed E-state index contributed by atoms with van der Waals surface area (Å²) >= 11 is 0. The van der Waals surface area contributed by atoms with Crippen LogP contribution in [0, 0.1) is 0 Å². The predicted molar refractivity (Wildman–Crippen MR) is 86.1 cm³/mol. The summed E-state index contributed by atoms with van der Waals surface area (Å²) in [4.78, 5) is 25.4. The molecule has 0 spiro atoms. The van der Waals surface area contributed by atoms with E-state index in [9.17, 15) is 14.7 Å². The van der Waals surface area contributed by atoms with Gasteiger partial charge in [-0.15, -0.1) is 0 Å². The van der Waals surface area contributed by atoms with Crippen LogP contribution < -0.4 is 0 Å². The molecule has 23 heavy (non-hydrogen) atoms. The van der Waals surface area contributed by atoms with E-state index < -0.39 is 17.6 Å². The summed E-state index contributed by atoms with van der Waals surface area (Å²) in [7, 11) is 0. The van der Waals surface area contributed by atoms with Crippen LogP contribution in [0.4, 0.5) is 4.79 Å². The Morgan fingerprint density at radius 2 is 1.87 bits per heavy atom. The number of aliphatic carboxylic acids is 1. The van der Waals surface area contributed by atoms with E-state index in [-0.39, 0.29) is 19.3 Å². The first-order chi connectivity index (χ1) is 10.8. The minimum absolute atomic E-state index is 0.0905. The zero-order valence-corrected chi connectivity index (χ0v) is 14.1. The molecular weight excluding hydrogens is 298 g/mol. The van der Waals surface area contributed by atoms with Crippen LogP contribution in [0.2, 0.25) is 0 Å². The second kappa shape index (κ2) is 8.53. The zero-order valence-electron chi connectivity index (χ0n) is 14.1. The van der Waals surface area contributed by atoms with E-state index in [1.54, 1.807) is 20.8 Å². The summed E-state index contributed by atoms with van der Waals surface area (Å²) in [5, 5.41) is 9.58. The fraction of sp³-hybridized carbons (Fsp3) is 0.529. The van der Waals surface area contributed by atoms with Gasteiger partial charge in [0.1, 0.15) is 6.61 Å². The average molecular weight is 323 g/mol. The number of benzene rings is 1. The Kier molecular flexibility index (Phi) is 7.03. The monoisotopic (exact) mass is 323 g/mol. The van der Waals surface area contributed by atoms with E-state index >= 15 is 0 Å². The molecule has 0 aliphatic carbocycles. The first-order valence-corrected chi connectivity index (χ1v) is 7.64. The van der Waals surface area contributed by atoms with Crippen LogP contribution in [0.25, 0.3) is 0 Å². The van der Waals surface area contributed by atoms with Crippen molar-refractivity contribution in [3.63, 3.8) is 0 Å². The maximum Gasteiger partial charge on any atom is 0.411 e. The second-order valence-corrected chi connectivity index (χ2v) is 5.72. The molecule has 1 amide bonds. The summed E-state index contributed by atoms with van der Waals surface area (Å²) in [6.45, 7) is 7.09. The van der Waals surface area contributed by atoms with Gasteiger partial charge in [-0.2, -0.15) is 0 Å². The third-order valence-electron chi connectivity index (χ3n) is 3.50. The normalized spacial score (nSPS) is 13.4. The number of rotatable bonds is 8. The van der Waals surface area contributed by atoms with Crippen molar-refractivity contribution in [3.05, 3.63) is 35.9 Å². The zero-order chi connectivity index (χ0) is 17.5. The van der Waals surface area contributed by atoms with E-state index in [0.29, 0.717) is 6.61 Å². The lowest BCUT2D eigenvalue weighted by Gasteiger charge is -2.39. The third-order valence-corrected chi connectivity index (χ3v) is 3.50. The van der Waals surface area contributed by atoms with E-state index in [1.165, 1.54) is 11.8 Å². The molecule has 0 heterocycles. The third kappa shape index (κ3) is 4.96. The minimum Gasteiger partial charge on any atom is -0.479 e. The number of carbonyl (C=O) groups excluding carboxylic acids is 1. The molecule has 1 atom stereocenters. The van der Waals surface area contributed by atoms with Crippen molar-refractivity contribution in [2.45, 2.75) is 45.9 Å². The van der Waals surface area contributed by atoms with Crippen LogP contribution in [0.3, 0.4) is 0 Å². The topological polar surface area (TPSA) is 76.1 Å². The Morgan fingerprint density at radius 1 is 1.26 bits per heavy atom. The molecule has 128 valence electrons. The van der Waals surface area contributed by atoms with Crippen LogP contribution in [0.5, 0.6) is 0 Å². The molecule has 1 aromatic carbocycles. The number of hydrogen-bond donors (Lipinski definition) is 1. The van der Waals surface area contributed by atoms with E-state index in [1.807, 2.05) is 30.3 Å². The smallest absolute Gasteiger partial charge is 0.411 e. The maximum absolute atomic E-state index is 12.5. The molecule has 6 nitrogen and oxygen atoms in total. The molecule has 0 fully saturated rings. The largest absolute Gasteiger partial charge is 0.479 e. The van der Waals surface area contributed by atoms with Crippen LogP contribution in [0.1, 0.15) is 33.3 Å². The molecule has 0 aliphatic heterocycles. The molecule has 0 bridgehead atoms. The van der Waals surface area contributed by atoms with Gasteiger partial charge in [0.25, 0.3) is 0 Å². The van der Waals surface area contributed by atoms with Crippen LogP contribution in [-0.2, 0) is 20.9 Å². The summed E-state index contributed by atoms with van der Waals surface area (Å²) in [5.41, 5.74) is -0.649. The number of amides is 1. The molecule has 1 rings (SSSR count). The van der Waals surface area contributed by atoms with Gasteiger partial charge in [0.05, 0.1) is 6.61 Å². The summed E-state index contributed by atoms with van der Waals surface area (Å²) in [5.74, 6) is -1.13. The standard InChI is InChI=1S/C17H25NO5/c1-5-22-12-17(4,15(19)20)18(13(2)3)16(21)23-11-14-9-7-6-8-10-14/h6-10,13H,5,11-12H2,1-4H3,(H,19,20). The van der Waals surface area contributed by atoms with Crippen molar-refractivity contribution < 1.29 is 24.2 Å². The van der Waals surface area contributed by atoms with Crippen LogP contribution >= 0.6 is 0 Å². The molecule has 1 N–H and O–H groups in total.